The molecule has 0 heterocycles. The molecule has 0 spiro atoms. The van der Waals surface area contributed by atoms with Crippen molar-refractivity contribution >= 4 is 40.0 Å². The van der Waals surface area contributed by atoms with Gasteiger partial charge in [-0.3, -0.25) is 4.55 Å². The standard InChI is InChI=1S/C12H26O4S.Na/c1-2-3-4-5-6-7-8-9-10-11-12-16-17(13,14)15;/h2-12H2,1H3,(H,13,14,15);. The number of unbranched alkanes of at least 4 members (excludes halogenated alkanes) is 9. The Kier molecular flexibility index (Phi) is 16.8. The molecule has 18 heavy (non-hydrogen) atoms. The van der Waals surface area contributed by atoms with Crippen LogP contribution in [0.4, 0.5) is 0 Å². The zero-order valence-electron chi connectivity index (χ0n) is 11.9. The SMILES string of the molecule is CCCCCCCCCCCCOS(=O)(=O)O.[Na]. The van der Waals surface area contributed by atoms with Gasteiger partial charge in [-0.25, -0.2) is 4.18 Å². The van der Waals surface area contributed by atoms with E-state index < -0.39 is 10.4 Å². The third-order valence-corrected chi connectivity index (χ3v) is 3.19. The van der Waals surface area contributed by atoms with Crippen molar-refractivity contribution in [1.29, 1.82) is 0 Å². The van der Waals surface area contributed by atoms with Crippen LogP contribution >= 0.6 is 0 Å². The van der Waals surface area contributed by atoms with Gasteiger partial charge in [-0.15, -0.1) is 0 Å². The van der Waals surface area contributed by atoms with Crippen LogP contribution < -0.4 is 0 Å². The summed E-state index contributed by atoms with van der Waals surface area (Å²) in [6.45, 7) is 2.31. The Morgan fingerprint density at radius 2 is 1.22 bits per heavy atom. The van der Waals surface area contributed by atoms with Gasteiger partial charge in [0.15, 0.2) is 0 Å². The van der Waals surface area contributed by atoms with Crippen molar-refractivity contribution in [2.24, 2.45) is 0 Å². The van der Waals surface area contributed by atoms with Gasteiger partial charge in [0.2, 0.25) is 0 Å². The molecule has 0 rings (SSSR count). The predicted molar refractivity (Wildman–Crippen MR) is 75.1 cm³/mol. The Labute approximate surface area is 134 Å². The van der Waals surface area contributed by atoms with Gasteiger partial charge in [-0.05, 0) is 6.42 Å². The second-order valence-corrected chi connectivity index (χ2v) is 5.52. The fraction of sp³-hybridized carbons (Fsp3) is 1.00. The summed E-state index contributed by atoms with van der Waals surface area (Å²) in [6, 6.07) is 0. The molecule has 0 aliphatic rings. The van der Waals surface area contributed by atoms with Crippen molar-refractivity contribution in [2.45, 2.75) is 71.1 Å². The topological polar surface area (TPSA) is 63.6 Å². The van der Waals surface area contributed by atoms with E-state index in [9.17, 15) is 8.42 Å². The number of hydrogen-bond donors (Lipinski definition) is 1. The van der Waals surface area contributed by atoms with Crippen LogP contribution in [0.15, 0.2) is 0 Å². The maximum Gasteiger partial charge on any atom is 0.397 e. The summed E-state index contributed by atoms with van der Waals surface area (Å²) in [6.07, 6.45) is 11.9. The van der Waals surface area contributed by atoms with E-state index in [-0.39, 0.29) is 36.2 Å². The van der Waals surface area contributed by atoms with Crippen molar-refractivity contribution < 1.29 is 17.2 Å². The third kappa shape index (κ3) is 19.2. The summed E-state index contributed by atoms with van der Waals surface area (Å²) < 4.78 is 33.0. The van der Waals surface area contributed by atoms with Crippen molar-refractivity contribution in [3.63, 3.8) is 0 Å². The molecule has 0 saturated carbocycles. The summed E-state index contributed by atoms with van der Waals surface area (Å²) in [5.74, 6) is 0. The Morgan fingerprint density at radius 1 is 0.833 bits per heavy atom. The minimum atomic E-state index is -4.23. The minimum absolute atomic E-state index is 0. The summed E-state index contributed by atoms with van der Waals surface area (Å²) in [4.78, 5) is 0. The smallest absolute Gasteiger partial charge is 0.264 e. The van der Waals surface area contributed by atoms with Crippen LogP contribution in [0.1, 0.15) is 71.1 Å². The fourth-order valence-corrected chi connectivity index (χ4v) is 2.08. The van der Waals surface area contributed by atoms with E-state index in [1.165, 1.54) is 44.9 Å². The number of rotatable bonds is 12. The Morgan fingerprint density at radius 3 is 1.61 bits per heavy atom. The Balaban J connectivity index is 0. The molecule has 1 N–H and O–H groups in total. The van der Waals surface area contributed by atoms with Gasteiger partial charge in [0.1, 0.15) is 0 Å². The van der Waals surface area contributed by atoms with Gasteiger partial charge in [-0.2, -0.15) is 8.42 Å². The zero-order chi connectivity index (χ0) is 13.0. The molecule has 105 valence electrons. The normalized spacial score (nSPS) is 11.2. The second kappa shape index (κ2) is 14.3. The summed E-state index contributed by atoms with van der Waals surface area (Å²) in [5.41, 5.74) is 0. The van der Waals surface area contributed by atoms with Gasteiger partial charge in [0.25, 0.3) is 0 Å². The van der Waals surface area contributed by atoms with E-state index in [1.54, 1.807) is 0 Å². The first-order valence-corrected chi connectivity index (χ1v) is 8.04. The Hall–Kier alpha value is 0.870. The van der Waals surface area contributed by atoms with Gasteiger partial charge in [0, 0.05) is 29.6 Å². The van der Waals surface area contributed by atoms with Crippen LogP contribution in [0.3, 0.4) is 0 Å². The van der Waals surface area contributed by atoms with E-state index in [0.717, 1.165) is 12.8 Å². The van der Waals surface area contributed by atoms with E-state index in [4.69, 9.17) is 4.55 Å². The zero-order valence-corrected chi connectivity index (χ0v) is 14.7. The quantitative estimate of drug-likeness (QED) is 0.340. The van der Waals surface area contributed by atoms with Gasteiger partial charge in [0.05, 0.1) is 6.61 Å². The molecule has 0 aliphatic heterocycles. The van der Waals surface area contributed by atoms with Crippen molar-refractivity contribution in [3.8, 4) is 0 Å². The molecule has 0 aromatic heterocycles. The predicted octanol–water partition coefficient (Wildman–Crippen LogP) is 3.35. The molecule has 4 nitrogen and oxygen atoms in total. The summed E-state index contributed by atoms with van der Waals surface area (Å²) in [7, 11) is -4.23. The molecule has 0 aromatic rings. The second-order valence-electron chi connectivity index (χ2n) is 4.43. The first kappa shape index (κ1) is 21.2. The van der Waals surface area contributed by atoms with Gasteiger partial charge in [-0.1, -0.05) is 64.7 Å². The van der Waals surface area contributed by atoms with E-state index in [2.05, 4.69) is 11.1 Å². The van der Waals surface area contributed by atoms with Crippen LogP contribution in [0.2, 0.25) is 0 Å². The first-order valence-electron chi connectivity index (χ1n) is 6.68. The molecule has 0 saturated heterocycles. The van der Waals surface area contributed by atoms with Crippen LogP contribution in [0, 0.1) is 0 Å². The van der Waals surface area contributed by atoms with E-state index in [1.807, 2.05) is 0 Å². The van der Waals surface area contributed by atoms with Gasteiger partial charge >= 0.3 is 10.4 Å². The third-order valence-electron chi connectivity index (χ3n) is 2.73. The minimum Gasteiger partial charge on any atom is -0.264 e. The van der Waals surface area contributed by atoms with Crippen molar-refractivity contribution in [3.05, 3.63) is 0 Å². The average molecular weight is 289 g/mol. The molecule has 0 bridgehead atoms. The van der Waals surface area contributed by atoms with E-state index in [0.29, 0.717) is 6.42 Å². The van der Waals surface area contributed by atoms with Crippen LogP contribution in [0.5, 0.6) is 0 Å². The van der Waals surface area contributed by atoms with Crippen LogP contribution in [-0.2, 0) is 14.6 Å². The summed E-state index contributed by atoms with van der Waals surface area (Å²) in [5, 5.41) is 0. The average Bonchev–Trinajstić information content (AvgIpc) is 2.24. The molecule has 1 radical (unpaired) electrons. The molecule has 0 aromatic carbocycles. The molecule has 0 unspecified atom stereocenters. The van der Waals surface area contributed by atoms with Crippen LogP contribution in [-0.4, -0.2) is 49.1 Å². The number of hydrogen-bond acceptors (Lipinski definition) is 3. The largest absolute Gasteiger partial charge is 0.397 e. The van der Waals surface area contributed by atoms with E-state index >= 15 is 0 Å². The monoisotopic (exact) mass is 289 g/mol. The molecular weight excluding hydrogens is 263 g/mol. The summed E-state index contributed by atoms with van der Waals surface area (Å²) >= 11 is 0. The van der Waals surface area contributed by atoms with Crippen molar-refractivity contribution in [1.82, 2.24) is 0 Å². The maximum absolute atomic E-state index is 10.2. The molecule has 6 heteroatoms. The molecule has 0 atom stereocenters. The first-order chi connectivity index (χ1) is 8.06. The van der Waals surface area contributed by atoms with Crippen LogP contribution in [0.25, 0.3) is 0 Å². The van der Waals surface area contributed by atoms with Crippen molar-refractivity contribution in [2.75, 3.05) is 6.61 Å². The molecular formula is C12H26NaO4S. The maximum atomic E-state index is 10.2. The molecule has 0 amide bonds. The van der Waals surface area contributed by atoms with Gasteiger partial charge < -0.3 is 0 Å². The molecule has 0 fully saturated rings. The fourth-order valence-electron chi connectivity index (χ4n) is 1.75. The Bertz CT molecular complexity index is 255. The molecule has 0 aliphatic carbocycles.